The molecule has 0 spiro atoms. The van der Waals surface area contributed by atoms with Crippen molar-refractivity contribution in [3.63, 3.8) is 0 Å². The Balaban J connectivity index is 1.30. The van der Waals surface area contributed by atoms with Crippen molar-refractivity contribution in [2.24, 2.45) is 5.41 Å². The van der Waals surface area contributed by atoms with E-state index < -0.39 is 5.41 Å². The molecule has 2 aromatic carbocycles. The van der Waals surface area contributed by atoms with E-state index in [0.717, 1.165) is 52.9 Å². The summed E-state index contributed by atoms with van der Waals surface area (Å²) in [6.07, 6.45) is 5.39. The molecule has 2 heterocycles. The van der Waals surface area contributed by atoms with Crippen LogP contribution < -0.4 is 0 Å². The van der Waals surface area contributed by atoms with E-state index in [1.165, 1.54) is 0 Å². The molecule has 0 amide bonds. The molecule has 0 unspecified atom stereocenters. The second kappa shape index (κ2) is 9.00. The normalized spacial score (nSPS) is 15.7. The largest absolute Gasteiger partial charge is 0.455 e. The fourth-order valence-corrected chi connectivity index (χ4v) is 5.51. The summed E-state index contributed by atoms with van der Waals surface area (Å²) in [6.45, 7) is -0.0407. The number of para-hydroxylation sites is 1. The van der Waals surface area contributed by atoms with Crippen LogP contribution in [0.3, 0.4) is 0 Å². The van der Waals surface area contributed by atoms with Gasteiger partial charge in [-0.05, 0) is 49.2 Å². The molecule has 1 saturated carbocycles. The van der Waals surface area contributed by atoms with Gasteiger partial charge in [0.2, 0.25) is 5.89 Å². The molecule has 0 bridgehead atoms. The van der Waals surface area contributed by atoms with Gasteiger partial charge in [0, 0.05) is 17.0 Å². The smallest absolute Gasteiger partial charge is 0.313 e. The minimum atomic E-state index is -0.550. The summed E-state index contributed by atoms with van der Waals surface area (Å²) in [6, 6.07) is 15.2. The van der Waals surface area contributed by atoms with Crippen LogP contribution in [0.4, 0.5) is 0 Å². The quantitative estimate of drug-likeness (QED) is 0.312. The number of ether oxygens (including phenoxy) is 1. The van der Waals surface area contributed by atoms with E-state index in [4.69, 9.17) is 25.7 Å². The van der Waals surface area contributed by atoms with E-state index in [1.54, 1.807) is 35.6 Å². The van der Waals surface area contributed by atoms with Crippen molar-refractivity contribution in [2.45, 2.75) is 45.1 Å². The maximum absolute atomic E-state index is 13.3. The predicted molar refractivity (Wildman–Crippen MR) is 123 cm³/mol. The van der Waals surface area contributed by atoms with Crippen molar-refractivity contribution in [2.75, 3.05) is 0 Å². The van der Waals surface area contributed by atoms with Gasteiger partial charge in [0.05, 0.1) is 20.6 Å². The van der Waals surface area contributed by atoms with Crippen molar-refractivity contribution in [1.29, 1.82) is 0 Å². The summed E-state index contributed by atoms with van der Waals surface area (Å²) < 4.78 is 12.5. The van der Waals surface area contributed by atoms with E-state index in [-0.39, 0.29) is 18.5 Å². The maximum atomic E-state index is 13.3. The summed E-state index contributed by atoms with van der Waals surface area (Å²) in [5, 5.41) is 9.70. The first-order valence-corrected chi connectivity index (χ1v) is 11.9. The fraction of sp³-hybridized carbons (Fsp3) is 0.333. The van der Waals surface area contributed by atoms with Gasteiger partial charge in [0.1, 0.15) is 0 Å². The van der Waals surface area contributed by atoms with E-state index in [2.05, 4.69) is 16.3 Å². The lowest BCUT2D eigenvalue weighted by molar-refractivity contribution is -0.160. The van der Waals surface area contributed by atoms with E-state index >= 15 is 0 Å². The topological polar surface area (TPSA) is 78.1 Å². The third-order valence-corrected chi connectivity index (χ3v) is 7.24. The summed E-state index contributed by atoms with van der Waals surface area (Å²) in [7, 11) is 0. The highest BCUT2D eigenvalue weighted by Gasteiger charge is 2.42. The van der Waals surface area contributed by atoms with E-state index in [1.807, 2.05) is 18.2 Å². The maximum Gasteiger partial charge on any atom is 0.313 e. The van der Waals surface area contributed by atoms with Crippen LogP contribution in [0.15, 0.2) is 52.9 Å². The molecule has 0 N–H and O–H groups in total. The zero-order chi connectivity index (χ0) is 22.0. The number of aromatic nitrogens is 3. The SMILES string of the molecule is O=C(OCc1nnc(-c2ccc(Cl)cc2)o1)C1(Cc2nc3ccccc3s2)CCCCC1. The van der Waals surface area contributed by atoms with Crippen LogP contribution in [0.2, 0.25) is 5.02 Å². The molecule has 5 rings (SSSR count). The van der Waals surface area contributed by atoms with Crippen LogP contribution in [-0.2, 0) is 22.6 Å². The van der Waals surface area contributed by atoms with Crippen LogP contribution in [0.25, 0.3) is 21.7 Å². The Morgan fingerprint density at radius 1 is 1.06 bits per heavy atom. The number of hydrogen-bond donors (Lipinski definition) is 0. The number of thiazole rings is 1. The van der Waals surface area contributed by atoms with Crippen LogP contribution in [0, 0.1) is 5.41 Å². The Kier molecular flexibility index (Phi) is 5.93. The van der Waals surface area contributed by atoms with Gasteiger partial charge < -0.3 is 9.15 Å². The molecule has 4 aromatic rings. The number of carbonyl (C=O) groups excluding carboxylic acids is 1. The molecular weight excluding hydrogens is 446 g/mol. The van der Waals surface area contributed by atoms with Crippen molar-refractivity contribution in [1.82, 2.24) is 15.2 Å². The molecule has 1 aliphatic carbocycles. The van der Waals surface area contributed by atoms with Gasteiger partial charge in [-0.25, -0.2) is 4.98 Å². The Morgan fingerprint density at radius 2 is 1.84 bits per heavy atom. The highest BCUT2D eigenvalue weighted by Crippen LogP contribution is 2.42. The Labute approximate surface area is 194 Å². The van der Waals surface area contributed by atoms with Gasteiger partial charge in [-0.2, -0.15) is 0 Å². The predicted octanol–water partition coefficient (Wildman–Crippen LogP) is 6.24. The van der Waals surface area contributed by atoms with Gasteiger partial charge in [0.25, 0.3) is 5.89 Å². The highest BCUT2D eigenvalue weighted by molar-refractivity contribution is 7.18. The highest BCUT2D eigenvalue weighted by atomic mass is 35.5. The lowest BCUT2D eigenvalue weighted by Gasteiger charge is -2.34. The second-order valence-electron chi connectivity index (χ2n) is 8.18. The standard InChI is InChI=1S/C24H22ClN3O3S/c25-17-10-8-16(9-11-17)22-28-27-20(31-22)15-30-23(29)24(12-4-1-5-13-24)14-21-26-18-6-2-3-7-19(18)32-21/h2-3,6-11H,1,4-5,12-15H2. The number of nitrogens with zero attached hydrogens (tertiary/aromatic N) is 3. The summed E-state index contributed by atoms with van der Waals surface area (Å²) in [5.74, 6) is 0.437. The summed E-state index contributed by atoms with van der Waals surface area (Å²) in [4.78, 5) is 18.0. The van der Waals surface area contributed by atoms with Gasteiger partial charge in [-0.3, -0.25) is 4.79 Å². The van der Waals surface area contributed by atoms with Gasteiger partial charge in [-0.1, -0.05) is 43.0 Å². The monoisotopic (exact) mass is 467 g/mol. The number of benzene rings is 2. The van der Waals surface area contributed by atoms with Gasteiger partial charge in [-0.15, -0.1) is 21.5 Å². The third-order valence-electron chi connectivity index (χ3n) is 5.96. The minimum absolute atomic E-state index is 0.0407. The number of carbonyl (C=O) groups is 1. The molecule has 0 atom stereocenters. The van der Waals surface area contributed by atoms with Crippen molar-refractivity contribution in [3.05, 3.63) is 64.5 Å². The van der Waals surface area contributed by atoms with Crippen LogP contribution in [0.5, 0.6) is 0 Å². The number of esters is 1. The molecule has 1 fully saturated rings. The molecular formula is C24H22ClN3O3S. The summed E-state index contributed by atoms with van der Waals surface area (Å²) in [5.41, 5.74) is 1.19. The van der Waals surface area contributed by atoms with Crippen molar-refractivity contribution in [3.8, 4) is 11.5 Å². The molecule has 0 saturated heterocycles. The average molecular weight is 468 g/mol. The van der Waals surface area contributed by atoms with Crippen molar-refractivity contribution >= 4 is 39.1 Å². The molecule has 1 aliphatic rings. The lowest BCUT2D eigenvalue weighted by Crippen LogP contribution is -2.37. The number of halogens is 1. The van der Waals surface area contributed by atoms with E-state index in [9.17, 15) is 4.79 Å². The van der Waals surface area contributed by atoms with Crippen LogP contribution in [-0.4, -0.2) is 21.2 Å². The minimum Gasteiger partial charge on any atom is -0.455 e. The van der Waals surface area contributed by atoms with E-state index in [0.29, 0.717) is 17.3 Å². The van der Waals surface area contributed by atoms with Crippen molar-refractivity contribution < 1.29 is 13.9 Å². The molecule has 0 radical (unpaired) electrons. The molecule has 6 nitrogen and oxygen atoms in total. The first-order valence-electron chi connectivity index (χ1n) is 10.7. The Bertz CT molecular complexity index is 1200. The van der Waals surface area contributed by atoms with Crippen LogP contribution >= 0.6 is 22.9 Å². The zero-order valence-electron chi connectivity index (χ0n) is 17.4. The zero-order valence-corrected chi connectivity index (χ0v) is 19.0. The molecule has 8 heteroatoms. The first kappa shape index (κ1) is 21.1. The molecule has 2 aromatic heterocycles. The first-order chi connectivity index (χ1) is 15.6. The summed E-state index contributed by atoms with van der Waals surface area (Å²) >= 11 is 7.58. The second-order valence-corrected chi connectivity index (χ2v) is 9.73. The lowest BCUT2D eigenvalue weighted by atomic mass is 9.72. The molecule has 32 heavy (non-hydrogen) atoms. The Hall–Kier alpha value is -2.77. The molecule has 164 valence electrons. The molecule has 0 aliphatic heterocycles. The number of fused-ring (bicyclic) bond motifs is 1. The third kappa shape index (κ3) is 4.40. The van der Waals surface area contributed by atoms with Crippen LogP contribution in [0.1, 0.15) is 43.0 Å². The number of rotatable bonds is 6. The fourth-order valence-electron chi connectivity index (χ4n) is 4.27. The van der Waals surface area contributed by atoms with Gasteiger partial charge >= 0.3 is 5.97 Å². The van der Waals surface area contributed by atoms with Gasteiger partial charge in [0.15, 0.2) is 6.61 Å². The average Bonchev–Trinajstić information content (AvgIpc) is 3.45. The number of hydrogen-bond acceptors (Lipinski definition) is 7. The Morgan fingerprint density at radius 3 is 2.62 bits per heavy atom.